The second-order valence-corrected chi connectivity index (χ2v) is 7.59. The van der Waals surface area contributed by atoms with E-state index in [-0.39, 0.29) is 0 Å². The van der Waals surface area contributed by atoms with Crippen molar-refractivity contribution >= 4 is 5.96 Å². The van der Waals surface area contributed by atoms with Crippen molar-refractivity contribution in [2.45, 2.75) is 64.5 Å². The molecule has 26 heavy (non-hydrogen) atoms. The van der Waals surface area contributed by atoms with Crippen molar-refractivity contribution in [1.82, 2.24) is 15.5 Å². The van der Waals surface area contributed by atoms with Crippen LogP contribution in [0.1, 0.15) is 55.7 Å². The van der Waals surface area contributed by atoms with Crippen molar-refractivity contribution in [3.63, 3.8) is 0 Å². The number of hydrogen-bond acceptors (Lipinski definition) is 3. The van der Waals surface area contributed by atoms with Crippen LogP contribution in [0.4, 0.5) is 0 Å². The highest BCUT2D eigenvalue weighted by Crippen LogP contribution is 2.30. The standard InChI is InChI=1S/C21H34N4O/c1-3-12-25-13-10-17(11-14-25)24-21(22-2)23-15-19-18-7-5-4-6-16(18)8-9-20(19)26/h8-9,17,26H,3-7,10-15H2,1-2H3,(H2,22,23,24). The van der Waals surface area contributed by atoms with Gasteiger partial charge in [-0.1, -0.05) is 13.0 Å². The highest BCUT2D eigenvalue weighted by Gasteiger charge is 2.20. The van der Waals surface area contributed by atoms with Crippen LogP contribution in [-0.2, 0) is 19.4 Å². The number of nitrogens with zero attached hydrogens (tertiary/aromatic N) is 2. The minimum absolute atomic E-state index is 0.404. The molecule has 1 aromatic carbocycles. The fourth-order valence-corrected chi connectivity index (χ4v) is 4.27. The fraction of sp³-hybridized carbons (Fsp3) is 0.667. The molecule has 0 unspecified atom stereocenters. The number of guanidine groups is 1. The zero-order valence-corrected chi connectivity index (χ0v) is 16.4. The third kappa shape index (κ3) is 4.70. The molecular formula is C21H34N4O. The van der Waals surface area contributed by atoms with E-state index in [0.717, 1.165) is 50.3 Å². The summed E-state index contributed by atoms with van der Waals surface area (Å²) in [6, 6.07) is 4.42. The summed E-state index contributed by atoms with van der Waals surface area (Å²) in [5, 5.41) is 17.3. The van der Waals surface area contributed by atoms with Gasteiger partial charge >= 0.3 is 0 Å². The molecule has 144 valence electrons. The number of aliphatic imine (C=N–C) groups is 1. The maximum atomic E-state index is 10.3. The van der Waals surface area contributed by atoms with Crippen LogP contribution in [0.25, 0.3) is 0 Å². The molecule has 1 fully saturated rings. The summed E-state index contributed by atoms with van der Waals surface area (Å²) < 4.78 is 0. The Morgan fingerprint density at radius 2 is 2.00 bits per heavy atom. The van der Waals surface area contributed by atoms with E-state index in [0.29, 0.717) is 18.3 Å². The Morgan fingerprint density at radius 3 is 2.73 bits per heavy atom. The summed E-state index contributed by atoms with van der Waals surface area (Å²) in [6.45, 7) is 6.40. The maximum Gasteiger partial charge on any atom is 0.191 e. The van der Waals surface area contributed by atoms with Gasteiger partial charge in [0.2, 0.25) is 0 Å². The number of piperidine rings is 1. The summed E-state index contributed by atoms with van der Waals surface area (Å²) in [5.74, 6) is 1.24. The molecule has 5 nitrogen and oxygen atoms in total. The summed E-state index contributed by atoms with van der Waals surface area (Å²) >= 11 is 0. The van der Waals surface area contributed by atoms with Gasteiger partial charge in [-0.2, -0.15) is 0 Å². The number of phenolic OH excluding ortho intramolecular Hbond substituents is 1. The van der Waals surface area contributed by atoms with E-state index in [2.05, 4.69) is 33.5 Å². The van der Waals surface area contributed by atoms with E-state index in [9.17, 15) is 5.11 Å². The van der Waals surface area contributed by atoms with E-state index in [1.54, 1.807) is 0 Å². The van der Waals surface area contributed by atoms with Gasteiger partial charge in [-0.05, 0) is 68.7 Å². The summed E-state index contributed by atoms with van der Waals surface area (Å²) in [6.07, 6.45) is 8.22. The average molecular weight is 359 g/mol. The molecule has 0 amide bonds. The van der Waals surface area contributed by atoms with Gasteiger partial charge in [0.1, 0.15) is 5.75 Å². The first kappa shape index (κ1) is 19.0. The lowest BCUT2D eigenvalue weighted by molar-refractivity contribution is 0.206. The van der Waals surface area contributed by atoms with Crippen LogP contribution in [0.5, 0.6) is 5.75 Å². The topological polar surface area (TPSA) is 59.9 Å². The van der Waals surface area contributed by atoms with Gasteiger partial charge < -0.3 is 20.6 Å². The van der Waals surface area contributed by atoms with Gasteiger partial charge in [0.05, 0.1) is 0 Å². The van der Waals surface area contributed by atoms with Crippen molar-refractivity contribution in [3.8, 4) is 5.75 Å². The molecule has 1 heterocycles. The first-order valence-electron chi connectivity index (χ1n) is 10.2. The van der Waals surface area contributed by atoms with E-state index < -0.39 is 0 Å². The summed E-state index contributed by atoms with van der Waals surface area (Å²) in [4.78, 5) is 6.94. The smallest absolute Gasteiger partial charge is 0.191 e. The first-order chi connectivity index (χ1) is 12.7. The lowest BCUT2D eigenvalue weighted by Gasteiger charge is -2.33. The Balaban J connectivity index is 1.55. The van der Waals surface area contributed by atoms with E-state index in [1.165, 1.54) is 36.9 Å². The first-order valence-corrected chi connectivity index (χ1v) is 10.2. The molecule has 5 heteroatoms. The van der Waals surface area contributed by atoms with Crippen LogP contribution in [0.3, 0.4) is 0 Å². The zero-order valence-electron chi connectivity index (χ0n) is 16.4. The lowest BCUT2D eigenvalue weighted by atomic mass is 9.88. The fourth-order valence-electron chi connectivity index (χ4n) is 4.27. The van der Waals surface area contributed by atoms with Crippen molar-refractivity contribution in [1.29, 1.82) is 0 Å². The van der Waals surface area contributed by atoms with Crippen LogP contribution in [-0.4, -0.2) is 48.7 Å². The van der Waals surface area contributed by atoms with Crippen molar-refractivity contribution in [2.75, 3.05) is 26.7 Å². The monoisotopic (exact) mass is 358 g/mol. The Kier molecular flexibility index (Phi) is 6.78. The molecule has 1 saturated heterocycles. The minimum atomic E-state index is 0.404. The van der Waals surface area contributed by atoms with Crippen molar-refractivity contribution in [3.05, 3.63) is 28.8 Å². The van der Waals surface area contributed by atoms with Gasteiger partial charge in [-0.25, -0.2) is 0 Å². The van der Waals surface area contributed by atoms with Crippen LogP contribution in [0.2, 0.25) is 0 Å². The molecule has 0 saturated carbocycles. The van der Waals surface area contributed by atoms with Crippen LogP contribution >= 0.6 is 0 Å². The predicted octanol–water partition coefficient (Wildman–Crippen LogP) is 2.81. The predicted molar refractivity (Wildman–Crippen MR) is 108 cm³/mol. The number of fused-ring (bicyclic) bond motifs is 1. The molecule has 0 atom stereocenters. The third-order valence-corrected chi connectivity index (χ3v) is 5.75. The number of rotatable bonds is 5. The number of phenols is 1. The molecular weight excluding hydrogens is 324 g/mol. The molecule has 2 aliphatic rings. The quantitative estimate of drug-likeness (QED) is 0.560. The second kappa shape index (κ2) is 9.26. The maximum absolute atomic E-state index is 10.3. The normalized spacial score (nSPS) is 19.2. The van der Waals surface area contributed by atoms with Crippen LogP contribution in [0, 0.1) is 0 Å². The van der Waals surface area contributed by atoms with E-state index in [1.807, 2.05) is 13.1 Å². The largest absolute Gasteiger partial charge is 0.508 e. The Hall–Kier alpha value is -1.75. The Bertz CT molecular complexity index is 621. The molecule has 1 aliphatic heterocycles. The third-order valence-electron chi connectivity index (χ3n) is 5.75. The average Bonchev–Trinajstić information content (AvgIpc) is 2.67. The zero-order chi connectivity index (χ0) is 18.4. The summed E-state index contributed by atoms with van der Waals surface area (Å²) in [5.41, 5.74) is 3.78. The SMILES string of the molecule is CCCN1CCC(NC(=NC)NCc2c(O)ccc3c2CCCC3)CC1. The van der Waals surface area contributed by atoms with E-state index >= 15 is 0 Å². The lowest BCUT2D eigenvalue weighted by Crippen LogP contribution is -2.48. The molecule has 0 radical (unpaired) electrons. The molecule has 3 rings (SSSR count). The molecule has 1 aliphatic carbocycles. The number of likely N-dealkylation sites (tertiary alicyclic amines) is 1. The van der Waals surface area contributed by atoms with Gasteiger partial charge in [-0.15, -0.1) is 0 Å². The molecule has 3 N–H and O–H groups in total. The number of nitrogens with one attached hydrogen (secondary N) is 2. The molecule has 0 bridgehead atoms. The van der Waals surface area contributed by atoms with Gasteiger partial charge in [0, 0.05) is 38.3 Å². The molecule has 1 aromatic rings. The van der Waals surface area contributed by atoms with Gasteiger partial charge in [-0.3, -0.25) is 4.99 Å². The highest BCUT2D eigenvalue weighted by atomic mass is 16.3. The van der Waals surface area contributed by atoms with Gasteiger partial charge in [0.15, 0.2) is 5.96 Å². The van der Waals surface area contributed by atoms with Crippen LogP contribution < -0.4 is 10.6 Å². The van der Waals surface area contributed by atoms with Crippen LogP contribution in [0.15, 0.2) is 17.1 Å². The molecule has 0 spiro atoms. The number of aryl methyl sites for hydroxylation is 1. The van der Waals surface area contributed by atoms with E-state index in [4.69, 9.17) is 0 Å². The van der Waals surface area contributed by atoms with Crippen molar-refractivity contribution in [2.24, 2.45) is 4.99 Å². The summed E-state index contributed by atoms with van der Waals surface area (Å²) in [7, 11) is 1.82. The number of hydrogen-bond donors (Lipinski definition) is 3. The number of benzene rings is 1. The highest BCUT2D eigenvalue weighted by molar-refractivity contribution is 5.80. The Labute approximate surface area is 157 Å². The number of aromatic hydroxyl groups is 1. The van der Waals surface area contributed by atoms with Gasteiger partial charge in [0.25, 0.3) is 0 Å². The minimum Gasteiger partial charge on any atom is -0.508 e. The Morgan fingerprint density at radius 1 is 1.23 bits per heavy atom. The second-order valence-electron chi connectivity index (χ2n) is 7.59. The molecule has 0 aromatic heterocycles. The van der Waals surface area contributed by atoms with Crippen molar-refractivity contribution < 1.29 is 5.11 Å².